The van der Waals surface area contributed by atoms with E-state index in [0.29, 0.717) is 25.4 Å². The van der Waals surface area contributed by atoms with E-state index in [4.69, 9.17) is 4.74 Å². The molecule has 2 N–H and O–H groups in total. The number of ether oxygens (including phenoxy) is 1. The Labute approximate surface area is 130 Å². The van der Waals surface area contributed by atoms with Crippen molar-refractivity contribution >= 4 is 5.91 Å². The molecule has 1 heterocycles. The zero-order valence-corrected chi connectivity index (χ0v) is 12.8. The van der Waals surface area contributed by atoms with Crippen LogP contribution < -0.4 is 10.1 Å². The second-order valence-corrected chi connectivity index (χ2v) is 5.68. The first kappa shape index (κ1) is 16.7. The van der Waals surface area contributed by atoms with Gasteiger partial charge in [-0.2, -0.15) is 0 Å². The maximum atomic E-state index is 12.9. The molecule has 0 bridgehead atoms. The number of nitrogens with one attached hydrogen (secondary N) is 1. The molecule has 0 aromatic heterocycles. The molecule has 0 radical (unpaired) electrons. The topological polar surface area (TPSA) is 61.8 Å². The predicted molar refractivity (Wildman–Crippen MR) is 81.1 cm³/mol. The Morgan fingerprint density at radius 2 is 2.41 bits per heavy atom. The summed E-state index contributed by atoms with van der Waals surface area (Å²) in [7, 11) is 0. The van der Waals surface area contributed by atoms with Gasteiger partial charge in [0, 0.05) is 12.6 Å². The number of carbonyl (C=O) groups excluding carboxylic acids is 1. The van der Waals surface area contributed by atoms with Crippen LogP contribution in [0.3, 0.4) is 0 Å². The molecular weight excluding hydrogens is 287 g/mol. The largest absolute Gasteiger partial charge is 0.492 e. The van der Waals surface area contributed by atoms with E-state index in [9.17, 15) is 14.3 Å². The summed E-state index contributed by atoms with van der Waals surface area (Å²) < 4.78 is 18.3. The average molecular weight is 310 g/mol. The first-order chi connectivity index (χ1) is 10.5. The monoisotopic (exact) mass is 310 g/mol. The van der Waals surface area contributed by atoms with Crippen molar-refractivity contribution in [2.45, 2.75) is 19.4 Å². The average Bonchev–Trinajstić information content (AvgIpc) is 2.92. The summed E-state index contributed by atoms with van der Waals surface area (Å²) in [6.45, 7) is 4.39. The molecule has 122 valence electrons. The maximum absolute atomic E-state index is 12.9. The molecule has 2 atom stereocenters. The molecule has 2 rings (SSSR count). The highest BCUT2D eigenvalue weighted by atomic mass is 19.1. The number of carbonyl (C=O) groups is 1. The van der Waals surface area contributed by atoms with Gasteiger partial charge in [0.15, 0.2) is 0 Å². The van der Waals surface area contributed by atoms with Crippen LogP contribution in [0, 0.1) is 11.7 Å². The van der Waals surface area contributed by atoms with Gasteiger partial charge in [0.1, 0.15) is 18.2 Å². The van der Waals surface area contributed by atoms with E-state index >= 15 is 0 Å². The second kappa shape index (κ2) is 8.10. The van der Waals surface area contributed by atoms with Crippen molar-refractivity contribution in [1.29, 1.82) is 0 Å². The van der Waals surface area contributed by atoms with Gasteiger partial charge in [0.2, 0.25) is 5.91 Å². The molecule has 1 fully saturated rings. The molecule has 22 heavy (non-hydrogen) atoms. The summed E-state index contributed by atoms with van der Waals surface area (Å²) in [5.41, 5.74) is 0. The van der Waals surface area contributed by atoms with Gasteiger partial charge in [0.05, 0.1) is 19.2 Å². The van der Waals surface area contributed by atoms with E-state index in [0.717, 1.165) is 19.5 Å². The number of hydrogen-bond acceptors (Lipinski definition) is 4. The van der Waals surface area contributed by atoms with Gasteiger partial charge in [-0.15, -0.1) is 0 Å². The van der Waals surface area contributed by atoms with Gasteiger partial charge in [-0.1, -0.05) is 6.07 Å². The minimum absolute atomic E-state index is 0.0610. The second-order valence-electron chi connectivity index (χ2n) is 5.68. The third kappa shape index (κ3) is 5.27. The van der Waals surface area contributed by atoms with Gasteiger partial charge in [0.25, 0.3) is 0 Å². The van der Waals surface area contributed by atoms with Crippen LogP contribution in [0.25, 0.3) is 0 Å². The fourth-order valence-corrected chi connectivity index (χ4v) is 2.58. The van der Waals surface area contributed by atoms with E-state index in [-0.39, 0.29) is 23.7 Å². The molecular formula is C16H23FN2O3. The van der Waals surface area contributed by atoms with Crippen molar-refractivity contribution in [2.24, 2.45) is 5.92 Å². The molecule has 5 nitrogen and oxygen atoms in total. The Morgan fingerprint density at radius 1 is 1.59 bits per heavy atom. The van der Waals surface area contributed by atoms with E-state index in [1.807, 2.05) is 4.90 Å². The van der Waals surface area contributed by atoms with Crippen LogP contribution in [-0.2, 0) is 4.79 Å². The van der Waals surface area contributed by atoms with Gasteiger partial charge >= 0.3 is 0 Å². The molecule has 0 spiro atoms. The first-order valence-electron chi connectivity index (χ1n) is 7.60. The Morgan fingerprint density at radius 3 is 3.09 bits per heavy atom. The zero-order chi connectivity index (χ0) is 15.9. The van der Waals surface area contributed by atoms with Crippen molar-refractivity contribution in [3.05, 3.63) is 30.1 Å². The van der Waals surface area contributed by atoms with Gasteiger partial charge in [-0.3, -0.25) is 9.69 Å². The molecule has 0 saturated carbocycles. The van der Waals surface area contributed by atoms with Gasteiger partial charge in [-0.05, 0) is 37.9 Å². The van der Waals surface area contributed by atoms with E-state index in [2.05, 4.69) is 5.32 Å². The standard InChI is InChI=1S/C16H23FN2O3/c1-12(20)13-5-7-19(10-13)11-16(21)18-6-8-22-15-4-2-3-14(17)9-15/h2-4,9,12-13,20H,5-8,10-11H2,1H3,(H,18,21). The Bertz CT molecular complexity index is 496. The lowest BCUT2D eigenvalue weighted by atomic mass is 10.0. The summed E-state index contributed by atoms with van der Waals surface area (Å²) in [4.78, 5) is 13.9. The van der Waals surface area contributed by atoms with Crippen LogP contribution in [0.4, 0.5) is 4.39 Å². The van der Waals surface area contributed by atoms with Gasteiger partial charge < -0.3 is 15.2 Å². The number of rotatable bonds is 7. The fraction of sp³-hybridized carbons (Fsp3) is 0.562. The highest BCUT2D eigenvalue weighted by Crippen LogP contribution is 2.18. The first-order valence-corrected chi connectivity index (χ1v) is 7.60. The molecule has 2 unspecified atom stereocenters. The number of halogens is 1. The lowest BCUT2D eigenvalue weighted by molar-refractivity contribution is -0.122. The SMILES string of the molecule is CC(O)C1CCN(CC(=O)NCCOc2cccc(F)c2)C1. The number of benzene rings is 1. The number of aliphatic hydroxyl groups excluding tert-OH is 1. The third-order valence-electron chi connectivity index (χ3n) is 3.85. The van der Waals surface area contributed by atoms with Crippen molar-refractivity contribution in [3.63, 3.8) is 0 Å². The van der Waals surface area contributed by atoms with Gasteiger partial charge in [-0.25, -0.2) is 4.39 Å². The molecule has 1 saturated heterocycles. The quantitative estimate of drug-likeness (QED) is 0.738. The minimum atomic E-state index is -0.344. The third-order valence-corrected chi connectivity index (χ3v) is 3.85. The Hall–Kier alpha value is -1.66. The number of amides is 1. The van der Waals surface area contributed by atoms with Crippen LogP contribution in [0.1, 0.15) is 13.3 Å². The highest BCUT2D eigenvalue weighted by Gasteiger charge is 2.26. The smallest absolute Gasteiger partial charge is 0.234 e. The summed E-state index contributed by atoms with van der Waals surface area (Å²) in [6, 6.07) is 5.91. The maximum Gasteiger partial charge on any atom is 0.234 e. The Balaban J connectivity index is 1.60. The minimum Gasteiger partial charge on any atom is -0.492 e. The van der Waals surface area contributed by atoms with Crippen LogP contribution in [-0.4, -0.2) is 54.8 Å². The normalized spacial score (nSPS) is 19.9. The molecule has 0 aliphatic carbocycles. The number of hydrogen-bond donors (Lipinski definition) is 2. The van der Waals surface area contributed by atoms with E-state index in [1.54, 1.807) is 19.1 Å². The summed E-state index contributed by atoms with van der Waals surface area (Å²) in [5.74, 6) is 0.301. The van der Waals surface area contributed by atoms with Crippen LogP contribution in [0.5, 0.6) is 5.75 Å². The lowest BCUT2D eigenvalue weighted by Crippen LogP contribution is -2.38. The summed E-state index contributed by atoms with van der Waals surface area (Å²) >= 11 is 0. The summed E-state index contributed by atoms with van der Waals surface area (Å²) in [6.07, 6.45) is 0.598. The lowest BCUT2D eigenvalue weighted by Gasteiger charge is -2.17. The van der Waals surface area contributed by atoms with Crippen molar-refractivity contribution < 1.29 is 19.0 Å². The number of likely N-dealkylation sites (tertiary alicyclic amines) is 1. The number of aliphatic hydroxyl groups is 1. The molecule has 1 aliphatic rings. The zero-order valence-electron chi connectivity index (χ0n) is 12.8. The molecule has 1 aromatic carbocycles. The van der Waals surface area contributed by atoms with E-state index in [1.165, 1.54) is 12.1 Å². The summed E-state index contributed by atoms with van der Waals surface area (Å²) in [5, 5.41) is 12.3. The fourth-order valence-electron chi connectivity index (χ4n) is 2.58. The van der Waals surface area contributed by atoms with Crippen LogP contribution in [0.15, 0.2) is 24.3 Å². The van der Waals surface area contributed by atoms with E-state index < -0.39 is 0 Å². The highest BCUT2D eigenvalue weighted by molar-refractivity contribution is 5.78. The van der Waals surface area contributed by atoms with Crippen molar-refractivity contribution in [2.75, 3.05) is 32.8 Å². The number of nitrogens with zero attached hydrogens (tertiary/aromatic N) is 1. The van der Waals surface area contributed by atoms with Crippen molar-refractivity contribution in [1.82, 2.24) is 10.2 Å². The molecule has 6 heteroatoms. The van der Waals surface area contributed by atoms with Crippen LogP contribution in [0.2, 0.25) is 0 Å². The predicted octanol–water partition coefficient (Wildman–Crippen LogP) is 1.02. The molecule has 1 aliphatic heterocycles. The molecule has 1 aromatic rings. The molecule has 1 amide bonds. The van der Waals surface area contributed by atoms with Crippen molar-refractivity contribution in [3.8, 4) is 5.75 Å². The Kier molecular flexibility index (Phi) is 6.15. The van der Waals surface area contributed by atoms with Crippen LogP contribution >= 0.6 is 0 Å².